The summed E-state index contributed by atoms with van der Waals surface area (Å²) in [7, 11) is 0. The molecule has 0 aromatic heterocycles. The van der Waals surface area contributed by atoms with Crippen molar-refractivity contribution in [2.24, 2.45) is 80.8 Å². The van der Waals surface area contributed by atoms with E-state index in [1.807, 2.05) is 0 Å². The standard InChI is InChI=1S/C13H24O.2C10H18O.2C10H20O.C10H22O.2C9H18O.2C9H20O.C8H16O.C7H13F3O/c1-9(2)14-11-12(3,4)10-6-7-13(11,5)8-10;2*1-7(2)11-10-6-8-3-4-9(10)5-8;1-8(2)11-10-6-4-5-9(3)7-10;1-8(2)11-10-7-5-4-6-9(10)3;1-8(2)11-10(6,7)9(3,4)5;1-7(2)10-9-5-4-8(3)6-9;1-7(2)10-9-6-4-5-8(9)3;1-7(2)10-8(3)9(4,5)6;1-7(2)9(5,6)10-8(3)4;1-7(2)9-8(3)5-4-6-8;1-5(2)11-6(3,4)7(8,9)10/h9-11H,6-8H2,1-5H3;2*7-10H,3-6H2,1-2H3;2*8-10H,4-7H2,1-3H3;8H,1-7H3;2*7-9H,4-6H2,1-3H3;2*7-8H,1-6H3;7H,4-6H2,1-3H3;5H,1-4H3. The van der Waals surface area contributed by atoms with Crippen LogP contribution in [0.3, 0.4) is 0 Å². The summed E-state index contributed by atoms with van der Waals surface area (Å²) in [4.78, 5) is 0. The minimum absolute atomic E-state index is 0.0220. The lowest BCUT2D eigenvalue weighted by Gasteiger charge is -2.43. The van der Waals surface area contributed by atoms with E-state index in [1.165, 1.54) is 180 Å². The van der Waals surface area contributed by atoms with Gasteiger partial charge in [0.2, 0.25) is 0 Å². The minimum atomic E-state index is -4.29. The molecule has 11 aliphatic rings. The van der Waals surface area contributed by atoms with E-state index in [0.29, 0.717) is 133 Å². The van der Waals surface area contributed by atoms with Crippen LogP contribution in [0.25, 0.3) is 0 Å². The third kappa shape index (κ3) is 54.1. The van der Waals surface area contributed by atoms with Crippen LogP contribution in [-0.2, 0) is 56.8 Å². The van der Waals surface area contributed by atoms with Crippen molar-refractivity contribution in [2.75, 3.05) is 0 Å². The third-order valence-corrected chi connectivity index (χ3v) is 29.1. The number of hydrogen-bond donors (Lipinski definition) is 0. The first-order chi connectivity index (χ1) is 58.8. The van der Waals surface area contributed by atoms with Crippen molar-refractivity contribution in [3.8, 4) is 0 Å². The van der Waals surface area contributed by atoms with Gasteiger partial charge >= 0.3 is 6.18 Å². The van der Waals surface area contributed by atoms with Gasteiger partial charge in [-0.15, -0.1) is 0 Å². The second-order valence-corrected chi connectivity index (χ2v) is 50.4. The summed E-state index contributed by atoms with van der Waals surface area (Å²) in [5, 5.41) is 0. The van der Waals surface area contributed by atoms with Crippen LogP contribution in [0.15, 0.2) is 0 Å². The van der Waals surface area contributed by atoms with E-state index in [4.69, 9.17) is 52.1 Å². The largest absolute Gasteiger partial charge is 0.416 e. The normalized spacial score (nSPS) is 29.2. The first-order valence-electron chi connectivity index (χ1n) is 53.8. The Bertz CT molecular complexity index is 2680. The smallest absolute Gasteiger partial charge is 0.376 e. The Morgan fingerprint density at radius 3 is 0.953 bits per heavy atom. The second-order valence-electron chi connectivity index (χ2n) is 50.4. The molecule has 0 N–H and O–H groups in total. The molecule has 776 valence electrons. The highest BCUT2D eigenvalue weighted by Gasteiger charge is 2.60. The Hall–Kier alpha value is -0.690. The van der Waals surface area contributed by atoms with Crippen molar-refractivity contribution in [3.05, 3.63) is 0 Å². The van der Waals surface area contributed by atoms with Gasteiger partial charge in [-0.25, -0.2) is 0 Å². The van der Waals surface area contributed by atoms with Crippen molar-refractivity contribution in [3.63, 3.8) is 0 Å². The summed E-state index contributed by atoms with van der Waals surface area (Å²) in [6.45, 7) is 98.6. The van der Waals surface area contributed by atoms with Gasteiger partial charge in [0.1, 0.15) is 0 Å². The molecule has 11 rings (SSSR count). The highest BCUT2D eigenvalue weighted by Crippen LogP contribution is 2.64. The summed E-state index contributed by atoms with van der Waals surface area (Å²) in [5.41, 5.74) is -0.470. The average molecular weight is 1850 g/mol. The van der Waals surface area contributed by atoms with Gasteiger partial charge < -0.3 is 56.8 Å². The molecule has 11 aliphatic carbocycles. The molecule has 12 nitrogen and oxygen atoms in total. The molecule has 0 aromatic carbocycles. The Balaban J connectivity index is 0.00000139. The molecule has 129 heavy (non-hydrogen) atoms. The lowest BCUT2D eigenvalue weighted by Crippen LogP contribution is -2.43. The Labute approximate surface area is 802 Å². The van der Waals surface area contributed by atoms with E-state index in [0.717, 1.165) is 67.1 Å². The van der Waals surface area contributed by atoms with Gasteiger partial charge in [0, 0.05) is 0 Å². The summed E-state index contributed by atoms with van der Waals surface area (Å²) in [5.74, 6) is 8.70. The molecule has 18 atom stereocenters. The second kappa shape index (κ2) is 60.4. The molecule has 0 radical (unpaired) electrons. The van der Waals surface area contributed by atoms with Crippen LogP contribution >= 0.6 is 0 Å². The number of rotatable bonds is 25. The minimum Gasteiger partial charge on any atom is -0.376 e. The van der Waals surface area contributed by atoms with Crippen LogP contribution in [-0.4, -0.2) is 151 Å². The predicted octanol–water partition coefficient (Wildman–Crippen LogP) is 34.0. The fourth-order valence-corrected chi connectivity index (χ4v) is 20.5. The molecule has 0 amide bonds. The van der Waals surface area contributed by atoms with Crippen LogP contribution in [0.4, 0.5) is 13.2 Å². The van der Waals surface area contributed by atoms with Crippen LogP contribution in [0.5, 0.6) is 0 Å². The monoisotopic (exact) mass is 1850 g/mol. The van der Waals surface area contributed by atoms with E-state index < -0.39 is 17.9 Å². The number of hydrogen-bond acceptors (Lipinski definition) is 12. The SMILES string of the molecule is CC(C)OC(C)(C)C(C)(C)C.CC(C)OC(C)(C)C(C)C.CC(C)OC(C)(C)C(F)(F)F.CC(C)OC(C)C(C)(C)C.CC(C)OC1(C)CCC1.CC(C)OC1C2(C)CCC(C2)C1(C)C.CC(C)OC1CC2CCC1C2.CC(C)OC1CC2CCC1C2.CC(C)OC1CCCC1C.CC(C)OC1CCCCC1C.CC1CCC(OC(C)C)C1.CC1CCCC(OC(C)C)C1. The molecular weight excluding hydrogens is 1620 g/mol. The quantitative estimate of drug-likeness (QED) is 0.0868. The molecule has 18 unspecified atom stereocenters. The Morgan fingerprint density at radius 2 is 0.698 bits per heavy atom. The van der Waals surface area contributed by atoms with Gasteiger partial charge in [-0.2, -0.15) is 13.2 Å². The van der Waals surface area contributed by atoms with Crippen LogP contribution in [0.2, 0.25) is 0 Å². The van der Waals surface area contributed by atoms with E-state index in [9.17, 15) is 13.2 Å². The molecule has 15 heteroatoms. The summed E-state index contributed by atoms with van der Waals surface area (Å²) >= 11 is 0. The molecule has 11 saturated carbocycles. The zero-order valence-electron chi connectivity index (χ0n) is 94.7. The van der Waals surface area contributed by atoms with E-state index >= 15 is 0 Å². The van der Waals surface area contributed by atoms with Crippen LogP contribution in [0.1, 0.15) is 505 Å². The van der Waals surface area contributed by atoms with Gasteiger partial charge in [0.25, 0.3) is 0 Å². The molecular formula is C114H227F3O12. The maximum absolute atomic E-state index is 12.1. The summed E-state index contributed by atoms with van der Waals surface area (Å²) in [6, 6.07) is 0. The number of alkyl halides is 3. The maximum atomic E-state index is 12.1. The fourth-order valence-electron chi connectivity index (χ4n) is 20.5. The van der Waals surface area contributed by atoms with Crippen molar-refractivity contribution in [1.29, 1.82) is 0 Å². The van der Waals surface area contributed by atoms with Crippen LogP contribution in [0, 0.1) is 80.8 Å². The topological polar surface area (TPSA) is 111 Å². The highest BCUT2D eigenvalue weighted by molar-refractivity contribution is 5.10. The van der Waals surface area contributed by atoms with Crippen molar-refractivity contribution >= 4 is 0 Å². The van der Waals surface area contributed by atoms with Gasteiger partial charge in [-0.05, 0) is 450 Å². The molecule has 0 spiro atoms. The highest BCUT2D eigenvalue weighted by atomic mass is 19.4. The number of halogens is 3. The van der Waals surface area contributed by atoms with Gasteiger partial charge in [-0.1, -0.05) is 136 Å². The first-order valence-corrected chi connectivity index (χ1v) is 53.8. The van der Waals surface area contributed by atoms with E-state index in [-0.39, 0.29) is 27.6 Å². The van der Waals surface area contributed by atoms with Crippen molar-refractivity contribution in [1.82, 2.24) is 0 Å². The summed E-state index contributed by atoms with van der Waals surface area (Å²) in [6.07, 6.45) is 41.9. The Morgan fingerprint density at radius 1 is 0.318 bits per heavy atom. The maximum Gasteiger partial charge on any atom is 0.416 e. The lowest BCUT2D eigenvalue weighted by molar-refractivity contribution is -0.273. The number of ether oxygens (including phenoxy) is 12. The molecule has 0 aliphatic heterocycles. The molecule has 11 fully saturated rings. The predicted molar refractivity (Wildman–Crippen MR) is 546 cm³/mol. The van der Waals surface area contributed by atoms with Gasteiger partial charge in [0.15, 0.2) is 5.60 Å². The van der Waals surface area contributed by atoms with Crippen LogP contribution < -0.4 is 0 Å². The summed E-state index contributed by atoms with van der Waals surface area (Å²) < 4.78 is 104. The average Bonchev–Trinajstić information content (AvgIpc) is 1.57. The lowest BCUT2D eigenvalue weighted by atomic mass is 9.70. The molecule has 6 bridgehead atoms. The number of fused-ring (bicyclic) bond motifs is 6. The van der Waals surface area contributed by atoms with Crippen molar-refractivity contribution in [2.45, 2.75) is 656 Å². The van der Waals surface area contributed by atoms with E-state index in [2.05, 4.69) is 302 Å². The Kier molecular flexibility index (Phi) is 60.1. The van der Waals surface area contributed by atoms with E-state index in [1.54, 1.807) is 13.8 Å². The fraction of sp³-hybridized carbons (Fsp3) is 1.00. The molecule has 0 aromatic rings. The molecule has 0 saturated heterocycles. The van der Waals surface area contributed by atoms with Gasteiger partial charge in [-0.3, -0.25) is 0 Å². The first kappa shape index (κ1) is 128. The zero-order valence-corrected chi connectivity index (χ0v) is 94.7. The third-order valence-electron chi connectivity index (χ3n) is 29.1. The molecule has 0 heterocycles. The van der Waals surface area contributed by atoms with Crippen molar-refractivity contribution < 1.29 is 70.0 Å². The van der Waals surface area contributed by atoms with Gasteiger partial charge in [0.05, 0.1) is 139 Å². The zero-order chi connectivity index (χ0) is 100.